The summed E-state index contributed by atoms with van der Waals surface area (Å²) in [5, 5.41) is 6.28. The van der Waals surface area contributed by atoms with E-state index < -0.39 is 0 Å². The highest BCUT2D eigenvalue weighted by atomic mass is 32.2. The second kappa shape index (κ2) is 9.86. The van der Waals surface area contributed by atoms with Crippen LogP contribution < -0.4 is 16.4 Å². The molecule has 0 atom stereocenters. The molecule has 0 bridgehead atoms. The Morgan fingerprint density at radius 1 is 1.03 bits per heavy atom. The summed E-state index contributed by atoms with van der Waals surface area (Å²) in [7, 11) is 0. The maximum absolute atomic E-state index is 12.9. The van der Waals surface area contributed by atoms with E-state index in [1.54, 1.807) is 36.5 Å². The molecule has 7 heteroatoms. The van der Waals surface area contributed by atoms with E-state index in [-0.39, 0.29) is 11.8 Å². The summed E-state index contributed by atoms with van der Waals surface area (Å²) in [6.07, 6.45) is 1.67. The lowest BCUT2D eigenvalue weighted by atomic mass is 10.1. The van der Waals surface area contributed by atoms with Crippen LogP contribution in [0.2, 0.25) is 0 Å². The van der Waals surface area contributed by atoms with Gasteiger partial charge in [0, 0.05) is 35.4 Å². The second-order valence-electron chi connectivity index (χ2n) is 6.30. The Balaban J connectivity index is 1.76. The van der Waals surface area contributed by atoms with Gasteiger partial charge in [0.15, 0.2) is 0 Å². The monoisotopic (exact) mass is 406 g/mol. The van der Waals surface area contributed by atoms with Gasteiger partial charge in [-0.25, -0.2) is 4.98 Å². The Labute approximate surface area is 173 Å². The van der Waals surface area contributed by atoms with Crippen LogP contribution in [0.4, 0.5) is 5.69 Å². The van der Waals surface area contributed by atoms with Crippen molar-refractivity contribution < 1.29 is 9.59 Å². The Morgan fingerprint density at radius 2 is 1.83 bits per heavy atom. The largest absolute Gasteiger partial charge is 0.351 e. The Morgan fingerprint density at radius 3 is 2.55 bits per heavy atom. The van der Waals surface area contributed by atoms with E-state index in [4.69, 9.17) is 5.73 Å². The molecule has 2 aromatic carbocycles. The third kappa shape index (κ3) is 5.43. The first-order valence-corrected chi connectivity index (χ1v) is 9.98. The van der Waals surface area contributed by atoms with Gasteiger partial charge in [0.2, 0.25) is 0 Å². The number of rotatable bonds is 7. The van der Waals surface area contributed by atoms with E-state index in [1.165, 1.54) is 11.8 Å². The highest BCUT2D eigenvalue weighted by Crippen LogP contribution is 2.29. The van der Waals surface area contributed by atoms with Crippen molar-refractivity contribution in [1.82, 2.24) is 10.3 Å². The number of hydrogen-bond donors (Lipinski definition) is 3. The zero-order chi connectivity index (χ0) is 20.6. The number of nitrogens with zero attached hydrogens (tertiary/aromatic N) is 1. The average Bonchev–Trinajstić information content (AvgIpc) is 2.74. The molecule has 29 heavy (non-hydrogen) atoms. The first-order chi connectivity index (χ1) is 14.1. The number of anilines is 1. The third-order valence-corrected chi connectivity index (χ3v) is 5.17. The Hall–Kier alpha value is -3.16. The van der Waals surface area contributed by atoms with Gasteiger partial charge in [-0.05, 0) is 55.0 Å². The Bertz CT molecular complexity index is 1010. The van der Waals surface area contributed by atoms with E-state index in [9.17, 15) is 9.59 Å². The minimum absolute atomic E-state index is 0.190. The summed E-state index contributed by atoms with van der Waals surface area (Å²) in [5.41, 5.74) is 7.86. The molecule has 0 fully saturated rings. The number of hydrogen-bond acceptors (Lipinski definition) is 5. The summed E-state index contributed by atoms with van der Waals surface area (Å²) >= 11 is 1.44. The number of carbonyl (C=O) groups is 2. The SMILES string of the molecule is Cc1cc(C(=O)NCCN)ccc1NC(=O)c1cccnc1Sc1ccccc1. The highest BCUT2D eigenvalue weighted by Gasteiger charge is 2.15. The highest BCUT2D eigenvalue weighted by molar-refractivity contribution is 7.99. The summed E-state index contributed by atoms with van der Waals surface area (Å²) in [6, 6.07) is 18.4. The summed E-state index contributed by atoms with van der Waals surface area (Å²) in [5.74, 6) is -0.440. The van der Waals surface area contributed by atoms with Gasteiger partial charge < -0.3 is 16.4 Å². The number of pyridine rings is 1. The van der Waals surface area contributed by atoms with Gasteiger partial charge in [-0.2, -0.15) is 0 Å². The molecule has 3 aromatic rings. The van der Waals surface area contributed by atoms with Gasteiger partial charge in [-0.1, -0.05) is 30.0 Å². The predicted octanol–water partition coefficient (Wildman–Crippen LogP) is 3.48. The molecule has 1 aromatic heterocycles. The van der Waals surface area contributed by atoms with Crippen LogP contribution in [0.25, 0.3) is 0 Å². The van der Waals surface area contributed by atoms with Crippen molar-refractivity contribution in [3.63, 3.8) is 0 Å². The minimum atomic E-state index is -0.250. The van der Waals surface area contributed by atoms with Crippen molar-refractivity contribution in [2.45, 2.75) is 16.8 Å². The summed E-state index contributed by atoms with van der Waals surface area (Å²) in [6.45, 7) is 2.64. The molecule has 3 rings (SSSR count). The van der Waals surface area contributed by atoms with Crippen molar-refractivity contribution in [2.24, 2.45) is 5.73 Å². The smallest absolute Gasteiger partial charge is 0.258 e. The number of benzene rings is 2. The van der Waals surface area contributed by atoms with Crippen LogP contribution in [0.3, 0.4) is 0 Å². The molecular weight excluding hydrogens is 384 g/mol. The van der Waals surface area contributed by atoms with Crippen molar-refractivity contribution in [3.8, 4) is 0 Å². The van der Waals surface area contributed by atoms with Crippen LogP contribution in [0, 0.1) is 6.92 Å². The lowest BCUT2D eigenvalue weighted by molar-refractivity contribution is 0.0954. The molecule has 0 radical (unpaired) electrons. The van der Waals surface area contributed by atoms with E-state index >= 15 is 0 Å². The lowest BCUT2D eigenvalue weighted by Gasteiger charge is -2.12. The zero-order valence-corrected chi connectivity index (χ0v) is 16.8. The number of nitrogens with two attached hydrogens (primary N) is 1. The second-order valence-corrected chi connectivity index (χ2v) is 7.36. The first kappa shape index (κ1) is 20.6. The van der Waals surface area contributed by atoms with Crippen LogP contribution >= 0.6 is 11.8 Å². The van der Waals surface area contributed by atoms with E-state index in [0.29, 0.717) is 34.9 Å². The van der Waals surface area contributed by atoms with Gasteiger partial charge in [0.1, 0.15) is 5.03 Å². The normalized spacial score (nSPS) is 10.4. The lowest BCUT2D eigenvalue weighted by Crippen LogP contribution is -2.29. The molecule has 148 valence electrons. The minimum Gasteiger partial charge on any atom is -0.351 e. The fourth-order valence-corrected chi connectivity index (χ4v) is 3.57. The number of aromatic nitrogens is 1. The molecule has 1 heterocycles. The van der Waals surface area contributed by atoms with Crippen LogP contribution in [-0.4, -0.2) is 29.9 Å². The third-order valence-electron chi connectivity index (χ3n) is 4.14. The standard InChI is InChI=1S/C22H22N4O2S/c1-15-14-16(20(27)24-13-11-23)9-10-19(15)26-21(28)18-8-5-12-25-22(18)29-17-6-3-2-4-7-17/h2-10,12,14H,11,13,23H2,1H3,(H,24,27)(H,26,28). The fraction of sp³-hybridized carbons (Fsp3) is 0.136. The summed E-state index contributed by atoms with van der Waals surface area (Å²) < 4.78 is 0. The van der Waals surface area contributed by atoms with Crippen LogP contribution in [0.5, 0.6) is 0 Å². The quantitative estimate of drug-likeness (QED) is 0.558. The van der Waals surface area contributed by atoms with Crippen molar-refractivity contribution in [3.05, 3.63) is 83.6 Å². The molecule has 0 unspecified atom stereocenters. The molecule has 0 aliphatic heterocycles. The summed E-state index contributed by atoms with van der Waals surface area (Å²) in [4.78, 5) is 30.3. The first-order valence-electron chi connectivity index (χ1n) is 9.16. The molecule has 0 saturated heterocycles. The van der Waals surface area contributed by atoms with E-state index in [2.05, 4.69) is 15.6 Å². The maximum atomic E-state index is 12.9. The fourth-order valence-electron chi connectivity index (χ4n) is 2.67. The van der Waals surface area contributed by atoms with Gasteiger partial charge in [0.05, 0.1) is 5.56 Å². The predicted molar refractivity (Wildman–Crippen MR) is 115 cm³/mol. The van der Waals surface area contributed by atoms with Crippen LogP contribution in [0.15, 0.2) is 76.8 Å². The molecule has 4 N–H and O–H groups in total. The molecular formula is C22H22N4O2S. The van der Waals surface area contributed by atoms with Gasteiger partial charge >= 0.3 is 0 Å². The molecule has 0 spiro atoms. The molecule has 0 aliphatic rings. The molecule has 0 aliphatic carbocycles. The van der Waals surface area contributed by atoms with E-state index in [1.807, 2.05) is 37.3 Å². The molecule has 2 amide bonds. The van der Waals surface area contributed by atoms with Crippen molar-refractivity contribution in [2.75, 3.05) is 18.4 Å². The van der Waals surface area contributed by atoms with Crippen LogP contribution in [-0.2, 0) is 0 Å². The molecule has 0 saturated carbocycles. The number of amides is 2. The number of nitrogens with one attached hydrogen (secondary N) is 2. The van der Waals surface area contributed by atoms with Crippen molar-refractivity contribution >= 4 is 29.3 Å². The van der Waals surface area contributed by atoms with Crippen LogP contribution in [0.1, 0.15) is 26.3 Å². The van der Waals surface area contributed by atoms with Gasteiger partial charge in [-0.3, -0.25) is 9.59 Å². The van der Waals surface area contributed by atoms with E-state index in [0.717, 1.165) is 10.5 Å². The topological polar surface area (TPSA) is 97.1 Å². The number of aryl methyl sites for hydroxylation is 1. The van der Waals surface area contributed by atoms with Gasteiger partial charge in [0.25, 0.3) is 11.8 Å². The zero-order valence-electron chi connectivity index (χ0n) is 16.0. The number of carbonyl (C=O) groups excluding carboxylic acids is 2. The maximum Gasteiger partial charge on any atom is 0.258 e. The average molecular weight is 407 g/mol. The molecule has 6 nitrogen and oxygen atoms in total. The van der Waals surface area contributed by atoms with Crippen molar-refractivity contribution in [1.29, 1.82) is 0 Å². The Kier molecular flexibility index (Phi) is 6.99. The van der Waals surface area contributed by atoms with Gasteiger partial charge in [-0.15, -0.1) is 0 Å².